The van der Waals surface area contributed by atoms with Gasteiger partial charge in [-0.3, -0.25) is 0 Å². The molecule has 2 aromatic carbocycles. The Kier molecular flexibility index (Phi) is 3.79. The number of hydrogen-bond acceptors (Lipinski definition) is 5. The highest BCUT2D eigenvalue weighted by atomic mass is 35.5. The fourth-order valence-corrected chi connectivity index (χ4v) is 2.35. The second-order valence-corrected chi connectivity index (χ2v) is 5.01. The topological polar surface area (TPSA) is 92.8 Å². The Labute approximate surface area is 133 Å². The van der Waals surface area contributed by atoms with E-state index in [4.69, 9.17) is 26.0 Å². The first-order valence-electron chi connectivity index (χ1n) is 6.38. The van der Waals surface area contributed by atoms with Crippen LogP contribution in [0.15, 0.2) is 34.9 Å². The number of hydrogen-bond donors (Lipinski definition) is 2. The highest BCUT2D eigenvalue weighted by Gasteiger charge is 2.19. The van der Waals surface area contributed by atoms with E-state index in [-0.39, 0.29) is 33.4 Å². The van der Waals surface area contributed by atoms with Gasteiger partial charge in [-0.2, -0.15) is 0 Å². The lowest BCUT2D eigenvalue weighted by atomic mass is 10.1. The molecular weight excluding hydrogens is 329 g/mol. The van der Waals surface area contributed by atoms with E-state index in [1.54, 1.807) is 0 Å². The molecule has 0 aliphatic rings. The Hall–Kier alpha value is -2.80. The minimum atomic E-state index is -1.15. The van der Waals surface area contributed by atoms with Gasteiger partial charge in [0.25, 0.3) is 0 Å². The zero-order valence-corrected chi connectivity index (χ0v) is 12.2. The number of fused-ring (bicyclic) bond motifs is 1. The molecule has 1 aromatic heterocycles. The SMILES string of the molecule is O=C(O)COc1ccc2c(-c3ccc(O)cc3F)noc2c1Cl. The van der Waals surface area contributed by atoms with Crippen LogP contribution in [0.1, 0.15) is 0 Å². The van der Waals surface area contributed by atoms with Crippen LogP contribution >= 0.6 is 11.6 Å². The van der Waals surface area contributed by atoms with Gasteiger partial charge in [0.2, 0.25) is 0 Å². The molecule has 0 unspecified atom stereocenters. The molecule has 0 fully saturated rings. The van der Waals surface area contributed by atoms with Gasteiger partial charge >= 0.3 is 5.97 Å². The number of benzene rings is 2. The number of rotatable bonds is 4. The molecule has 3 rings (SSSR count). The van der Waals surface area contributed by atoms with E-state index in [0.717, 1.165) is 6.07 Å². The second kappa shape index (κ2) is 5.77. The summed E-state index contributed by atoms with van der Waals surface area (Å²) in [6.07, 6.45) is 0. The van der Waals surface area contributed by atoms with Crippen LogP contribution in [0.4, 0.5) is 4.39 Å². The third kappa shape index (κ3) is 2.78. The Balaban J connectivity index is 2.08. The average Bonchev–Trinajstić information content (AvgIpc) is 2.91. The quantitative estimate of drug-likeness (QED) is 0.757. The smallest absolute Gasteiger partial charge is 0.341 e. The van der Waals surface area contributed by atoms with Crippen molar-refractivity contribution in [1.29, 1.82) is 0 Å². The fraction of sp³-hybridized carbons (Fsp3) is 0.0667. The Morgan fingerprint density at radius 3 is 2.83 bits per heavy atom. The first-order chi connectivity index (χ1) is 11.0. The van der Waals surface area contributed by atoms with Gasteiger partial charge in [0, 0.05) is 11.6 Å². The van der Waals surface area contributed by atoms with E-state index in [2.05, 4.69) is 5.16 Å². The van der Waals surface area contributed by atoms with E-state index >= 15 is 0 Å². The van der Waals surface area contributed by atoms with Crippen LogP contribution in [-0.4, -0.2) is 27.9 Å². The number of phenols is 1. The van der Waals surface area contributed by atoms with E-state index < -0.39 is 18.4 Å². The molecular formula is C15H9ClFNO5. The van der Waals surface area contributed by atoms with Crippen molar-refractivity contribution in [3.8, 4) is 22.8 Å². The molecule has 2 N–H and O–H groups in total. The van der Waals surface area contributed by atoms with Gasteiger partial charge in [0.1, 0.15) is 28.0 Å². The number of carboxylic acid groups (broad SMARTS) is 1. The van der Waals surface area contributed by atoms with Gasteiger partial charge in [-0.1, -0.05) is 16.8 Å². The van der Waals surface area contributed by atoms with E-state index in [1.807, 2.05) is 0 Å². The van der Waals surface area contributed by atoms with Crippen LogP contribution in [0.5, 0.6) is 11.5 Å². The second-order valence-electron chi connectivity index (χ2n) is 4.63. The van der Waals surface area contributed by atoms with Crippen molar-refractivity contribution in [3.05, 3.63) is 41.2 Å². The minimum Gasteiger partial charge on any atom is -0.508 e. The van der Waals surface area contributed by atoms with Crippen molar-refractivity contribution in [2.24, 2.45) is 0 Å². The molecule has 0 aliphatic carbocycles. The van der Waals surface area contributed by atoms with Crippen LogP contribution < -0.4 is 4.74 Å². The predicted molar refractivity (Wildman–Crippen MR) is 79.2 cm³/mol. The molecule has 0 saturated carbocycles. The number of carboxylic acids is 1. The Morgan fingerprint density at radius 1 is 1.35 bits per heavy atom. The summed E-state index contributed by atoms with van der Waals surface area (Å²) in [5, 5.41) is 22.2. The van der Waals surface area contributed by atoms with Gasteiger partial charge in [0.05, 0.1) is 5.39 Å². The largest absolute Gasteiger partial charge is 0.508 e. The summed E-state index contributed by atoms with van der Waals surface area (Å²) in [5.74, 6) is -1.90. The maximum absolute atomic E-state index is 14.0. The highest BCUT2D eigenvalue weighted by Crippen LogP contribution is 2.38. The van der Waals surface area contributed by atoms with Crippen molar-refractivity contribution in [3.63, 3.8) is 0 Å². The standard InChI is InChI=1S/C15H9ClFNO5/c16-13-11(22-6-12(20)21)4-3-9-14(18-23-15(9)13)8-2-1-7(19)5-10(8)17/h1-5,19H,6H2,(H,20,21). The monoisotopic (exact) mass is 337 g/mol. The summed E-state index contributed by atoms with van der Waals surface area (Å²) in [5.41, 5.74) is 0.498. The molecule has 0 spiro atoms. The number of phenolic OH excluding ortho intramolecular Hbond substituents is 1. The molecule has 0 saturated heterocycles. The molecule has 6 nitrogen and oxygen atoms in total. The number of aliphatic carboxylic acids is 1. The lowest BCUT2D eigenvalue weighted by Gasteiger charge is -2.05. The first-order valence-corrected chi connectivity index (χ1v) is 6.76. The molecule has 3 aromatic rings. The summed E-state index contributed by atoms with van der Waals surface area (Å²) in [6.45, 7) is -0.557. The average molecular weight is 338 g/mol. The fourth-order valence-electron chi connectivity index (χ4n) is 2.10. The van der Waals surface area contributed by atoms with Crippen molar-refractivity contribution < 1.29 is 28.7 Å². The summed E-state index contributed by atoms with van der Waals surface area (Å²) in [7, 11) is 0. The number of carbonyl (C=O) groups is 1. The van der Waals surface area contributed by atoms with Crippen LogP contribution in [-0.2, 0) is 4.79 Å². The lowest BCUT2D eigenvalue weighted by molar-refractivity contribution is -0.139. The zero-order valence-electron chi connectivity index (χ0n) is 11.4. The Bertz CT molecular complexity index is 908. The third-order valence-electron chi connectivity index (χ3n) is 3.10. The van der Waals surface area contributed by atoms with Crippen molar-refractivity contribution >= 4 is 28.5 Å². The molecule has 0 bridgehead atoms. The zero-order chi connectivity index (χ0) is 16.6. The predicted octanol–water partition coefficient (Wildman–Crippen LogP) is 3.46. The van der Waals surface area contributed by atoms with E-state index in [0.29, 0.717) is 5.39 Å². The van der Waals surface area contributed by atoms with Gasteiger partial charge in [-0.15, -0.1) is 0 Å². The van der Waals surface area contributed by atoms with Crippen LogP contribution in [0, 0.1) is 5.82 Å². The van der Waals surface area contributed by atoms with Gasteiger partial charge in [0.15, 0.2) is 12.2 Å². The molecule has 0 atom stereocenters. The molecule has 0 aliphatic heterocycles. The summed E-state index contributed by atoms with van der Waals surface area (Å²) < 4.78 is 24.1. The van der Waals surface area contributed by atoms with Crippen molar-refractivity contribution in [2.75, 3.05) is 6.61 Å². The molecule has 23 heavy (non-hydrogen) atoms. The van der Waals surface area contributed by atoms with Crippen LogP contribution in [0.3, 0.4) is 0 Å². The normalized spacial score (nSPS) is 10.9. The number of aromatic nitrogens is 1. The van der Waals surface area contributed by atoms with Gasteiger partial charge in [-0.05, 0) is 24.3 Å². The van der Waals surface area contributed by atoms with Gasteiger partial charge in [-0.25, -0.2) is 9.18 Å². The first kappa shape index (κ1) is 15.1. The number of nitrogens with zero attached hydrogens (tertiary/aromatic N) is 1. The molecule has 1 heterocycles. The van der Waals surface area contributed by atoms with Gasteiger partial charge < -0.3 is 19.5 Å². The maximum atomic E-state index is 14.0. The van der Waals surface area contributed by atoms with Crippen molar-refractivity contribution in [2.45, 2.75) is 0 Å². The number of ether oxygens (including phenoxy) is 1. The number of halogens is 2. The summed E-state index contributed by atoms with van der Waals surface area (Å²) >= 11 is 6.11. The van der Waals surface area contributed by atoms with E-state index in [9.17, 15) is 14.3 Å². The molecule has 0 amide bonds. The molecule has 0 radical (unpaired) electrons. The summed E-state index contributed by atoms with van der Waals surface area (Å²) in [4.78, 5) is 10.5. The lowest BCUT2D eigenvalue weighted by Crippen LogP contribution is -2.09. The third-order valence-corrected chi connectivity index (χ3v) is 3.46. The summed E-state index contributed by atoms with van der Waals surface area (Å²) in [6, 6.07) is 6.64. The molecule has 118 valence electrons. The number of aromatic hydroxyl groups is 1. The van der Waals surface area contributed by atoms with Crippen LogP contribution in [0.2, 0.25) is 5.02 Å². The Morgan fingerprint density at radius 2 is 2.13 bits per heavy atom. The van der Waals surface area contributed by atoms with E-state index in [1.165, 1.54) is 24.3 Å². The minimum absolute atomic E-state index is 0.0432. The van der Waals surface area contributed by atoms with Crippen molar-refractivity contribution in [1.82, 2.24) is 5.16 Å². The van der Waals surface area contributed by atoms with Crippen LogP contribution in [0.25, 0.3) is 22.2 Å². The maximum Gasteiger partial charge on any atom is 0.341 e. The highest BCUT2D eigenvalue weighted by molar-refractivity contribution is 6.36. The molecule has 8 heteroatoms.